The van der Waals surface area contributed by atoms with Gasteiger partial charge in [-0.2, -0.15) is 0 Å². The van der Waals surface area contributed by atoms with E-state index in [-0.39, 0.29) is 0 Å². The van der Waals surface area contributed by atoms with Crippen LogP contribution in [0, 0.1) is 4.91 Å². The monoisotopic (exact) mass is 177 g/mol. The third-order valence-electron chi connectivity index (χ3n) is 1.63. The van der Waals surface area contributed by atoms with Crippen LogP contribution < -0.4 is 4.74 Å². The summed E-state index contributed by atoms with van der Waals surface area (Å²) in [6, 6.07) is 6.66. The topological polar surface area (TPSA) is 38.7 Å². The van der Waals surface area contributed by atoms with Gasteiger partial charge in [0, 0.05) is 0 Å². The van der Waals surface area contributed by atoms with Crippen molar-refractivity contribution in [2.24, 2.45) is 5.18 Å². The zero-order valence-electron chi connectivity index (χ0n) is 7.65. The molecule has 0 heterocycles. The average Bonchev–Trinajstić information content (AvgIpc) is 2.19. The third kappa shape index (κ3) is 2.71. The summed E-state index contributed by atoms with van der Waals surface area (Å²) in [4.78, 5) is 10.1. The molecular weight excluding hydrogens is 166 g/mol. The largest absolute Gasteiger partial charge is 0.462 e. The van der Waals surface area contributed by atoms with Crippen molar-refractivity contribution >= 4 is 5.69 Å². The molecule has 0 spiro atoms. The molecule has 1 aromatic rings. The molecule has 68 valence electrons. The van der Waals surface area contributed by atoms with E-state index in [0.29, 0.717) is 11.4 Å². The highest BCUT2D eigenvalue weighted by Gasteiger charge is 1.95. The minimum atomic E-state index is 0.408. The van der Waals surface area contributed by atoms with Crippen molar-refractivity contribution in [3.63, 3.8) is 0 Å². The summed E-state index contributed by atoms with van der Waals surface area (Å²) >= 11 is 0. The molecule has 0 atom stereocenters. The summed E-state index contributed by atoms with van der Waals surface area (Å²) in [5, 5.41) is 2.79. The van der Waals surface area contributed by atoms with Gasteiger partial charge >= 0.3 is 0 Å². The summed E-state index contributed by atoms with van der Waals surface area (Å²) in [5.41, 5.74) is 0.408. The van der Waals surface area contributed by atoms with Gasteiger partial charge < -0.3 is 4.74 Å². The molecule has 0 aliphatic carbocycles. The minimum absolute atomic E-state index is 0.408. The molecule has 1 aromatic carbocycles. The van der Waals surface area contributed by atoms with Crippen molar-refractivity contribution in [2.75, 3.05) is 0 Å². The second-order valence-electron chi connectivity index (χ2n) is 2.59. The number of allylic oxidation sites excluding steroid dienone is 2. The molecule has 0 bridgehead atoms. The van der Waals surface area contributed by atoms with E-state index in [9.17, 15) is 4.91 Å². The fourth-order valence-electron chi connectivity index (χ4n) is 0.820. The molecule has 13 heavy (non-hydrogen) atoms. The number of nitrogens with zero attached hydrogens (tertiary/aromatic N) is 1. The maximum atomic E-state index is 10.1. The highest BCUT2D eigenvalue weighted by Crippen LogP contribution is 2.19. The maximum Gasteiger partial charge on any atom is 0.127 e. The summed E-state index contributed by atoms with van der Waals surface area (Å²) in [7, 11) is 0. The highest BCUT2D eigenvalue weighted by molar-refractivity contribution is 5.41. The number of benzene rings is 1. The first-order valence-electron chi connectivity index (χ1n) is 4.00. The molecule has 1 rings (SSSR count). The summed E-state index contributed by atoms with van der Waals surface area (Å²) in [6.07, 6.45) is 1.87. The Morgan fingerprint density at radius 3 is 2.46 bits per heavy atom. The SMILES string of the molecule is CC=C(C)Oc1ccc(N=O)cc1. The second kappa shape index (κ2) is 4.40. The zero-order chi connectivity index (χ0) is 9.68. The van der Waals surface area contributed by atoms with E-state index < -0.39 is 0 Å². The molecule has 3 heteroatoms. The summed E-state index contributed by atoms with van der Waals surface area (Å²) < 4.78 is 5.38. The van der Waals surface area contributed by atoms with E-state index in [4.69, 9.17) is 4.74 Å². The quantitative estimate of drug-likeness (QED) is 0.524. The van der Waals surface area contributed by atoms with Crippen LogP contribution >= 0.6 is 0 Å². The van der Waals surface area contributed by atoms with Crippen LogP contribution in [0.3, 0.4) is 0 Å². The molecule has 0 unspecified atom stereocenters. The molecule has 0 saturated heterocycles. The van der Waals surface area contributed by atoms with Crippen molar-refractivity contribution < 1.29 is 4.74 Å². The lowest BCUT2D eigenvalue weighted by molar-refractivity contribution is 0.427. The molecule has 0 aliphatic rings. The van der Waals surface area contributed by atoms with E-state index in [1.807, 2.05) is 19.9 Å². The van der Waals surface area contributed by atoms with Gasteiger partial charge in [-0.05, 0) is 49.4 Å². The van der Waals surface area contributed by atoms with Crippen LogP contribution in [-0.4, -0.2) is 0 Å². The van der Waals surface area contributed by atoms with E-state index in [0.717, 1.165) is 5.76 Å². The molecule has 0 fully saturated rings. The van der Waals surface area contributed by atoms with E-state index in [2.05, 4.69) is 5.18 Å². The van der Waals surface area contributed by atoms with Crippen molar-refractivity contribution in [2.45, 2.75) is 13.8 Å². The van der Waals surface area contributed by atoms with Crippen LogP contribution in [0.5, 0.6) is 5.75 Å². The molecule has 0 N–H and O–H groups in total. The Bertz CT molecular complexity index is 314. The van der Waals surface area contributed by atoms with Crippen LogP contribution in [0.2, 0.25) is 0 Å². The van der Waals surface area contributed by atoms with Crippen LogP contribution in [0.15, 0.2) is 41.3 Å². The first-order chi connectivity index (χ1) is 6.26. The van der Waals surface area contributed by atoms with Crippen LogP contribution in [0.4, 0.5) is 5.69 Å². The smallest absolute Gasteiger partial charge is 0.127 e. The molecule has 0 aliphatic heterocycles. The summed E-state index contributed by atoms with van der Waals surface area (Å²) in [6.45, 7) is 3.77. The lowest BCUT2D eigenvalue weighted by Gasteiger charge is -2.04. The number of hydrogen-bond acceptors (Lipinski definition) is 3. The zero-order valence-corrected chi connectivity index (χ0v) is 7.65. The molecule has 0 radical (unpaired) electrons. The predicted octanol–water partition coefficient (Wildman–Crippen LogP) is 3.39. The van der Waals surface area contributed by atoms with Gasteiger partial charge in [0.2, 0.25) is 0 Å². The Morgan fingerprint density at radius 2 is 2.00 bits per heavy atom. The average molecular weight is 177 g/mol. The van der Waals surface area contributed by atoms with E-state index >= 15 is 0 Å². The fourth-order valence-corrected chi connectivity index (χ4v) is 0.820. The van der Waals surface area contributed by atoms with E-state index in [1.165, 1.54) is 0 Å². The second-order valence-corrected chi connectivity index (χ2v) is 2.59. The van der Waals surface area contributed by atoms with Crippen LogP contribution in [-0.2, 0) is 0 Å². The first-order valence-corrected chi connectivity index (χ1v) is 4.00. The number of hydrogen-bond donors (Lipinski definition) is 0. The van der Waals surface area contributed by atoms with Gasteiger partial charge in [-0.15, -0.1) is 4.91 Å². The van der Waals surface area contributed by atoms with Gasteiger partial charge in [0.05, 0.1) is 5.76 Å². The molecule has 0 aromatic heterocycles. The Labute approximate surface area is 77.0 Å². The van der Waals surface area contributed by atoms with Crippen LogP contribution in [0.25, 0.3) is 0 Å². The standard InChI is InChI=1S/C10H11NO2/c1-3-8(2)13-10-6-4-9(11-12)5-7-10/h3-7H,1-2H3. The highest BCUT2D eigenvalue weighted by atomic mass is 16.5. The molecule has 0 amide bonds. The van der Waals surface area contributed by atoms with Crippen molar-refractivity contribution in [1.29, 1.82) is 0 Å². The Balaban J connectivity index is 2.75. The fraction of sp³-hybridized carbons (Fsp3) is 0.200. The van der Waals surface area contributed by atoms with Crippen molar-refractivity contribution in [3.05, 3.63) is 41.0 Å². The van der Waals surface area contributed by atoms with Gasteiger partial charge in [0.25, 0.3) is 0 Å². The van der Waals surface area contributed by atoms with Gasteiger partial charge in [-0.3, -0.25) is 0 Å². The van der Waals surface area contributed by atoms with Crippen molar-refractivity contribution in [1.82, 2.24) is 0 Å². The first kappa shape index (κ1) is 9.45. The van der Waals surface area contributed by atoms with Gasteiger partial charge in [0.15, 0.2) is 0 Å². The lowest BCUT2D eigenvalue weighted by Crippen LogP contribution is -1.88. The molecular formula is C10H11NO2. The lowest BCUT2D eigenvalue weighted by atomic mass is 10.3. The Hall–Kier alpha value is -1.64. The maximum absolute atomic E-state index is 10.1. The minimum Gasteiger partial charge on any atom is -0.462 e. The molecule has 0 saturated carbocycles. The van der Waals surface area contributed by atoms with Gasteiger partial charge in [0.1, 0.15) is 11.4 Å². The normalized spacial score (nSPS) is 11.1. The Kier molecular flexibility index (Phi) is 3.20. The number of rotatable bonds is 3. The third-order valence-corrected chi connectivity index (χ3v) is 1.63. The van der Waals surface area contributed by atoms with Crippen molar-refractivity contribution in [3.8, 4) is 5.75 Å². The number of ether oxygens (including phenoxy) is 1. The predicted molar refractivity (Wildman–Crippen MR) is 52.0 cm³/mol. The van der Waals surface area contributed by atoms with E-state index in [1.54, 1.807) is 24.3 Å². The van der Waals surface area contributed by atoms with Gasteiger partial charge in [-0.1, -0.05) is 0 Å². The number of nitroso groups, excluding NO2 is 1. The van der Waals surface area contributed by atoms with Gasteiger partial charge in [-0.25, -0.2) is 0 Å². The molecule has 3 nitrogen and oxygen atoms in total. The summed E-state index contributed by atoms with van der Waals surface area (Å²) in [5.74, 6) is 1.54. The van der Waals surface area contributed by atoms with Crippen LogP contribution in [0.1, 0.15) is 13.8 Å². The Morgan fingerprint density at radius 1 is 1.38 bits per heavy atom.